The van der Waals surface area contributed by atoms with Crippen molar-refractivity contribution in [1.82, 2.24) is 15.1 Å². The van der Waals surface area contributed by atoms with Crippen LogP contribution in [-0.2, 0) is 15.5 Å². The number of benzene rings is 2. The average Bonchev–Trinajstić information content (AvgIpc) is 3.41. The number of halogens is 3. The van der Waals surface area contributed by atoms with Gasteiger partial charge in [-0.15, -0.1) is 5.10 Å². The van der Waals surface area contributed by atoms with Crippen molar-refractivity contribution in [1.29, 1.82) is 0 Å². The molecule has 2 aromatic carbocycles. The summed E-state index contributed by atoms with van der Waals surface area (Å²) in [4.78, 5) is 24.0. The van der Waals surface area contributed by atoms with Crippen LogP contribution in [0.25, 0.3) is 16.9 Å². The van der Waals surface area contributed by atoms with E-state index in [-0.39, 0.29) is 42.6 Å². The maximum atomic E-state index is 14.3. The van der Waals surface area contributed by atoms with Crippen LogP contribution in [0.5, 0.6) is 0 Å². The third kappa shape index (κ3) is 4.50. The second-order valence-electron chi connectivity index (χ2n) is 7.64. The molecular formula is C23H21ClF2N4O2. The van der Waals surface area contributed by atoms with E-state index in [1.165, 1.54) is 19.1 Å². The number of carbonyl (C=O) groups excluding carboxylic acids is 2. The van der Waals surface area contributed by atoms with E-state index in [0.29, 0.717) is 22.0 Å². The maximum absolute atomic E-state index is 14.3. The number of hydrogen-bond acceptors (Lipinski definition) is 3. The molecule has 1 saturated heterocycles. The summed E-state index contributed by atoms with van der Waals surface area (Å²) in [6.07, 6.45) is -0.201. The molecule has 6 nitrogen and oxygen atoms in total. The third-order valence-electron chi connectivity index (χ3n) is 5.40. The van der Waals surface area contributed by atoms with Crippen LogP contribution in [0.4, 0.5) is 14.6 Å². The van der Waals surface area contributed by atoms with E-state index >= 15 is 0 Å². The van der Waals surface area contributed by atoms with Crippen molar-refractivity contribution in [3.8, 4) is 16.9 Å². The molecule has 1 fully saturated rings. The number of carbonyl (C=O) groups is 2. The normalized spacial score (nSPS) is 16.1. The molecule has 0 saturated carbocycles. The quantitative estimate of drug-likeness (QED) is 0.558. The second-order valence-corrected chi connectivity index (χ2v) is 8.07. The Morgan fingerprint density at radius 3 is 2.66 bits per heavy atom. The summed E-state index contributed by atoms with van der Waals surface area (Å²) < 4.78 is 30.2. The van der Waals surface area contributed by atoms with Crippen LogP contribution in [0, 0.1) is 5.92 Å². The van der Waals surface area contributed by atoms with E-state index in [0.717, 1.165) is 0 Å². The van der Waals surface area contributed by atoms with Crippen LogP contribution >= 0.6 is 11.6 Å². The van der Waals surface area contributed by atoms with Crippen molar-refractivity contribution in [2.45, 2.75) is 25.7 Å². The predicted octanol–water partition coefficient (Wildman–Crippen LogP) is 4.77. The first-order chi connectivity index (χ1) is 15.3. The van der Waals surface area contributed by atoms with Crippen molar-refractivity contribution in [3.63, 3.8) is 0 Å². The number of anilines is 1. The standard InChI is InChI=1S/C23H21ClF2N4O2/c1-2-23(25,26)16-5-3-4-14(10-16)19-12-20(28-22(32)15-11-21(31)27-13-15)29-30(19)18-8-6-17(24)7-9-18/h3-10,12,15H,2,11,13H2,1H3,(H,27,31)(H,28,29,32)/t15-/m1/s1. The fourth-order valence-corrected chi connectivity index (χ4v) is 3.68. The van der Waals surface area contributed by atoms with E-state index in [1.807, 2.05) is 0 Å². The van der Waals surface area contributed by atoms with Gasteiger partial charge in [-0.3, -0.25) is 9.59 Å². The predicted molar refractivity (Wildman–Crippen MR) is 118 cm³/mol. The summed E-state index contributed by atoms with van der Waals surface area (Å²) in [6.45, 7) is 1.70. The number of alkyl halides is 2. The van der Waals surface area contributed by atoms with Crippen molar-refractivity contribution in [2.24, 2.45) is 5.92 Å². The first kappa shape index (κ1) is 22.0. The van der Waals surface area contributed by atoms with Crippen LogP contribution in [-0.4, -0.2) is 28.1 Å². The molecule has 2 heterocycles. The molecule has 32 heavy (non-hydrogen) atoms. The maximum Gasteiger partial charge on any atom is 0.273 e. The number of amides is 2. The lowest BCUT2D eigenvalue weighted by atomic mass is 10.0. The lowest BCUT2D eigenvalue weighted by Crippen LogP contribution is -2.24. The van der Waals surface area contributed by atoms with E-state index in [1.54, 1.807) is 47.1 Å². The van der Waals surface area contributed by atoms with E-state index < -0.39 is 11.8 Å². The highest BCUT2D eigenvalue weighted by atomic mass is 35.5. The highest BCUT2D eigenvalue weighted by Crippen LogP contribution is 2.35. The van der Waals surface area contributed by atoms with Crippen molar-refractivity contribution in [2.75, 3.05) is 11.9 Å². The fourth-order valence-electron chi connectivity index (χ4n) is 3.56. The molecule has 2 amide bonds. The second kappa shape index (κ2) is 8.70. The Kier molecular flexibility index (Phi) is 5.97. The summed E-state index contributed by atoms with van der Waals surface area (Å²) in [5, 5.41) is 10.4. The van der Waals surface area contributed by atoms with Gasteiger partial charge in [-0.25, -0.2) is 13.5 Å². The first-order valence-electron chi connectivity index (χ1n) is 10.2. The third-order valence-corrected chi connectivity index (χ3v) is 5.66. The van der Waals surface area contributed by atoms with Gasteiger partial charge in [0, 0.05) is 41.6 Å². The number of nitrogens with one attached hydrogen (secondary N) is 2. The fraction of sp³-hybridized carbons (Fsp3) is 0.261. The van der Waals surface area contributed by atoms with Crippen LogP contribution in [0.15, 0.2) is 54.6 Å². The van der Waals surface area contributed by atoms with Gasteiger partial charge < -0.3 is 10.6 Å². The lowest BCUT2D eigenvalue weighted by molar-refractivity contribution is -0.123. The number of rotatable bonds is 6. The molecule has 3 aromatic rings. The SMILES string of the molecule is CCC(F)(F)c1cccc(-c2cc(NC(=O)[C@H]3CNC(=O)C3)nn2-c2ccc(Cl)cc2)c1. The van der Waals surface area contributed by atoms with Gasteiger partial charge in [0.15, 0.2) is 5.82 Å². The Hall–Kier alpha value is -3.26. The molecule has 0 spiro atoms. The minimum Gasteiger partial charge on any atom is -0.355 e. The molecule has 0 radical (unpaired) electrons. The summed E-state index contributed by atoms with van der Waals surface area (Å²) in [5.74, 6) is -3.70. The van der Waals surface area contributed by atoms with Gasteiger partial charge >= 0.3 is 0 Å². The van der Waals surface area contributed by atoms with Gasteiger partial charge in [-0.2, -0.15) is 0 Å². The Morgan fingerprint density at radius 1 is 1.25 bits per heavy atom. The molecule has 1 aromatic heterocycles. The molecule has 0 aliphatic carbocycles. The summed E-state index contributed by atoms with van der Waals surface area (Å²) in [5.41, 5.74) is 1.60. The average molecular weight is 459 g/mol. The summed E-state index contributed by atoms with van der Waals surface area (Å²) in [7, 11) is 0. The number of aromatic nitrogens is 2. The van der Waals surface area contributed by atoms with Crippen molar-refractivity contribution in [3.05, 3.63) is 65.2 Å². The highest BCUT2D eigenvalue weighted by Gasteiger charge is 2.30. The Balaban J connectivity index is 1.73. The van der Waals surface area contributed by atoms with Crippen LogP contribution in [0.1, 0.15) is 25.3 Å². The highest BCUT2D eigenvalue weighted by molar-refractivity contribution is 6.30. The minimum absolute atomic E-state index is 0.0949. The minimum atomic E-state index is -2.96. The molecular weight excluding hydrogens is 438 g/mol. The van der Waals surface area contributed by atoms with Gasteiger partial charge in [0.1, 0.15) is 0 Å². The molecule has 4 rings (SSSR count). The Labute approximate surface area is 188 Å². The zero-order valence-corrected chi connectivity index (χ0v) is 18.0. The number of hydrogen-bond donors (Lipinski definition) is 2. The van der Waals surface area contributed by atoms with Gasteiger partial charge in [-0.05, 0) is 30.3 Å². The van der Waals surface area contributed by atoms with Crippen molar-refractivity contribution < 1.29 is 18.4 Å². The smallest absolute Gasteiger partial charge is 0.273 e. The molecule has 166 valence electrons. The molecule has 1 aliphatic heterocycles. The lowest BCUT2D eigenvalue weighted by Gasteiger charge is -2.15. The molecule has 2 N–H and O–H groups in total. The van der Waals surface area contributed by atoms with Crippen molar-refractivity contribution >= 4 is 29.2 Å². The first-order valence-corrected chi connectivity index (χ1v) is 10.6. The Bertz CT molecular complexity index is 1160. The topological polar surface area (TPSA) is 76.0 Å². The zero-order valence-electron chi connectivity index (χ0n) is 17.2. The van der Waals surface area contributed by atoms with Gasteiger partial charge in [0.2, 0.25) is 11.8 Å². The molecule has 1 aliphatic rings. The van der Waals surface area contributed by atoms with E-state index in [2.05, 4.69) is 15.7 Å². The van der Waals surface area contributed by atoms with Crippen LogP contribution in [0.2, 0.25) is 5.02 Å². The molecule has 0 bridgehead atoms. The summed E-state index contributed by atoms with van der Waals surface area (Å²) in [6, 6.07) is 14.6. The summed E-state index contributed by atoms with van der Waals surface area (Å²) >= 11 is 6.00. The number of nitrogens with zero attached hydrogens (tertiary/aromatic N) is 2. The Morgan fingerprint density at radius 2 is 2.00 bits per heavy atom. The van der Waals surface area contributed by atoms with Gasteiger partial charge in [0.25, 0.3) is 5.92 Å². The monoisotopic (exact) mass is 458 g/mol. The molecule has 1 atom stereocenters. The van der Waals surface area contributed by atoms with Crippen LogP contribution in [0.3, 0.4) is 0 Å². The van der Waals surface area contributed by atoms with E-state index in [9.17, 15) is 18.4 Å². The molecule has 0 unspecified atom stereocenters. The zero-order chi connectivity index (χ0) is 22.9. The van der Waals surface area contributed by atoms with Gasteiger partial charge in [-0.1, -0.05) is 36.7 Å². The van der Waals surface area contributed by atoms with Crippen LogP contribution < -0.4 is 10.6 Å². The van der Waals surface area contributed by atoms with Gasteiger partial charge in [0.05, 0.1) is 17.3 Å². The van der Waals surface area contributed by atoms with E-state index in [4.69, 9.17) is 11.6 Å². The molecule has 9 heteroatoms. The largest absolute Gasteiger partial charge is 0.355 e.